The van der Waals surface area contributed by atoms with Crippen LogP contribution in [0.2, 0.25) is 0 Å². The first-order valence-electron chi connectivity index (χ1n) is 6.02. The molecule has 0 spiro atoms. The lowest BCUT2D eigenvalue weighted by molar-refractivity contribution is 0.225. The van der Waals surface area contributed by atoms with Crippen LogP contribution in [0.15, 0.2) is 12.1 Å². The van der Waals surface area contributed by atoms with Crippen molar-refractivity contribution in [3.63, 3.8) is 0 Å². The van der Waals surface area contributed by atoms with E-state index < -0.39 is 0 Å². The molecule has 0 bridgehead atoms. The van der Waals surface area contributed by atoms with Crippen molar-refractivity contribution in [2.45, 2.75) is 26.8 Å². The molecule has 2 heteroatoms. The minimum Gasteiger partial charge on any atom is -0.384 e. The van der Waals surface area contributed by atoms with Gasteiger partial charge in [-0.25, -0.2) is 0 Å². The highest BCUT2D eigenvalue weighted by molar-refractivity contribution is 5.61. The number of rotatable bonds is 1. The number of nitrogens with zero attached hydrogens (tertiary/aromatic N) is 1. The van der Waals surface area contributed by atoms with E-state index >= 15 is 0 Å². The molecule has 2 unspecified atom stereocenters. The van der Waals surface area contributed by atoms with Crippen molar-refractivity contribution < 1.29 is 0 Å². The van der Waals surface area contributed by atoms with Crippen molar-refractivity contribution >= 4 is 5.69 Å². The molecule has 0 aromatic heterocycles. The van der Waals surface area contributed by atoms with Crippen LogP contribution in [-0.2, 0) is 0 Å². The van der Waals surface area contributed by atoms with E-state index in [2.05, 4.69) is 57.2 Å². The Balaban J connectivity index is 2.54. The van der Waals surface area contributed by atoms with Crippen LogP contribution in [0.3, 0.4) is 0 Å². The fourth-order valence-corrected chi connectivity index (χ4v) is 2.94. The molecule has 0 fully saturated rings. The van der Waals surface area contributed by atoms with Gasteiger partial charge in [0.05, 0.1) is 0 Å². The summed E-state index contributed by atoms with van der Waals surface area (Å²) in [7, 11) is 4.35. The Bertz CT molecular complexity index is 396. The van der Waals surface area contributed by atoms with Gasteiger partial charge >= 0.3 is 0 Å². The maximum Gasteiger partial charge on any atom is 0.0418 e. The molecule has 0 saturated carbocycles. The first kappa shape index (κ1) is 11.5. The molecule has 0 radical (unpaired) electrons. The van der Waals surface area contributed by atoms with E-state index in [-0.39, 0.29) is 0 Å². The Morgan fingerprint density at radius 2 is 1.94 bits per heavy atom. The van der Waals surface area contributed by atoms with Gasteiger partial charge in [0.25, 0.3) is 0 Å². The van der Waals surface area contributed by atoms with Gasteiger partial charge in [-0.1, -0.05) is 24.6 Å². The van der Waals surface area contributed by atoms with Crippen molar-refractivity contribution in [2.75, 3.05) is 26.0 Å². The highest BCUT2D eigenvalue weighted by atomic mass is 15.1. The number of fused-ring (bicyclic) bond motifs is 1. The maximum atomic E-state index is 3.57. The van der Waals surface area contributed by atoms with E-state index in [0.29, 0.717) is 12.0 Å². The van der Waals surface area contributed by atoms with Crippen molar-refractivity contribution in [2.24, 2.45) is 5.92 Å². The number of hydrogen-bond acceptors (Lipinski definition) is 2. The van der Waals surface area contributed by atoms with Crippen LogP contribution in [0.5, 0.6) is 0 Å². The molecule has 1 heterocycles. The van der Waals surface area contributed by atoms with Crippen LogP contribution in [0.4, 0.5) is 5.69 Å². The first-order chi connectivity index (χ1) is 7.50. The lowest BCUT2D eigenvalue weighted by Crippen LogP contribution is -2.34. The van der Waals surface area contributed by atoms with Gasteiger partial charge in [-0.2, -0.15) is 0 Å². The lowest BCUT2D eigenvalue weighted by atomic mass is 9.86. The normalized spacial score (nSPS) is 24.1. The number of nitrogens with one attached hydrogen (secondary N) is 1. The van der Waals surface area contributed by atoms with Crippen molar-refractivity contribution in [3.8, 4) is 0 Å². The molecule has 1 N–H and O–H groups in total. The average Bonchev–Trinajstić information content (AvgIpc) is 2.15. The van der Waals surface area contributed by atoms with Crippen LogP contribution < -0.4 is 5.32 Å². The maximum absolute atomic E-state index is 3.57. The molecule has 1 aliphatic heterocycles. The second-order valence-corrected chi connectivity index (χ2v) is 5.31. The second kappa shape index (κ2) is 4.10. The highest BCUT2D eigenvalue weighted by Crippen LogP contribution is 2.38. The molecule has 1 aliphatic rings. The van der Waals surface area contributed by atoms with Gasteiger partial charge in [0.15, 0.2) is 0 Å². The first-order valence-corrected chi connectivity index (χ1v) is 6.02. The number of anilines is 1. The summed E-state index contributed by atoms with van der Waals surface area (Å²) in [6.07, 6.45) is 0. The van der Waals surface area contributed by atoms with Crippen molar-refractivity contribution in [1.29, 1.82) is 0 Å². The summed E-state index contributed by atoms with van der Waals surface area (Å²) in [6.45, 7) is 7.76. The zero-order valence-corrected chi connectivity index (χ0v) is 11.0. The third kappa shape index (κ3) is 1.82. The predicted molar refractivity (Wildman–Crippen MR) is 70.0 cm³/mol. The second-order valence-electron chi connectivity index (χ2n) is 5.31. The third-order valence-corrected chi connectivity index (χ3v) is 3.53. The number of hydrogen-bond donors (Lipinski definition) is 1. The van der Waals surface area contributed by atoms with Gasteiger partial charge in [0.1, 0.15) is 0 Å². The molecule has 1 aromatic carbocycles. The van der Waals surface area contributed by atoms with E-state index in [9.17, 15) is 0 Å². The van der Waals surface area contributed by atoms with E-state index in [4.69, 9.17) is 0 Å². The molecule has 0 saturated heterocycles. The topological polar surface area (TPSA) is 15.3 Å². The monoisotopic (exact) mass is 218 g/mol. The summed E-state index contributed by atoms with van der Waals surface area (Å²) in [4.78, 5) is 2.34. The van der Waals surface area contributed by atoms with Gasteiger partial charge in [-0.3, -0.25) is 0 Å². The fourth-order valence-electron chi connectivity index (χ4n) is 2.94. The Labute approximate surface area is 98.7 Å². The summed E-state index contributed by atoms with van der Waals surface area (Å²) < 4.78 is 0. The summed E-state index contributed by atoms with van der Waals surface area (Å²) in [5, 5.41) is 3.57. The molecule has 0 aliphatic carbocycles. The largest absolute Gasteiger partial charge is 0.384 e. The van der Waals surface area contributed by atoms with Gasteiger partial charge in [0.2, 0.25) is 0 Å². The van der Waals surface area contributed by atoms with Crippen molar-refractivity contribution in [3.05, 3.63) is 28.8 Å². The van der Waals surface area contributed by atoms with E-state index in [0.717, 1.165) is 6.54 Å². The standard InChI is InChI=1S/C14H22N2/c1-9-6-10(2)13-12(7-9)14(16(4)5)11(3)8-15-13/h6-7,11,14-15H,8H2,1-5H3. The molecule has 16 heavy (non-hydrogen) atoms. The van der Waals surface area contributed by atoms with E-state index in [1.807, 2.05) is 0 Å². The van der Waals surface area contributed by atoms with Gasteiger partial charge in [0, 0.05) is 18.3 Å². The van der Waals surface area contributed by atoms with E-state index in [1.54, 1.807) is 0 Å². The Morgan fingerprint density at radius 1 is 1.25 bits per heavy atom. The van der Waals surface area contributed by atoms with Crippen molar-refractivity contribution in [1.82, 2.24) is 4.90 Å². The van der Waals surface area contributed by atoms with Crippen LogP contribution in [0, 0.1) is 19.8 Å². The van der Waals surface area contributed by atoms with Crippen LogP contribution >= 0.6 is 0 Å². The Hall–Kier alpha value is -1.02. The number of benzene rings is 1. The van der Waals surface area contributed by atoms with Crippen LogP contribution in [0.25, 0.3) is 0 Å². The molecular formula is C14H22N2. The fraction of sp³-hybridized carbons (Fsp3) is 0.571. The lowest BCUT2D eigenvalue weighted by Gasteiger charge is -2.37. The molecule has 2 nitrogen and oxygen atoms in total. The molecule has 0 amide bonds. The van der Waals surface area contributed by atoms with Gasteiger partial charge < -0.3 is 10.2 Å². The average molecular weight is 218 g/mol. The van der Waals surface area contributed by atoms with E-state index in [1.165, 1.54) is 22.4 Å². The van der Waals surface area contributed by atoms with Crippen LogP contribution in [0.1, 0.15) is 29.7 Å². The van der Waals surface area contributed by atoms with Gasteiger partial charge in [-0.15, -0.1) is 0 Å². The molecule has 2 rings (SSSR count). The summed E-state index contributed by atoms with van der Waals surface area (Å²) in [5.74, 6) is 0.656. The minimum absolute atomic E-state index is 0.537. The van der Waals surface area contributed by atoms with Gasteiger partial charge in [-0.05, 0) is 45.0 Å². The summed E-state index contributed by atoms with van der Waals surface area (Å²) in [6, 6.07) is 5.12. The highest BCUT2D eigenvalue weighted by Gasteiger charge is 2.28. The molecule has 88 valence electrons. The minimum atomic E-state index is 0.537. The number of aryl methyl sites for hydroxylation is 2. The summed E-state index contributed by atoms with van der Waals surface area (Å²) in [5.41, 5.74) is 5.54. The Morgan fingerprint density at radius 3 is 2.56 bits per heavy atom. The summed E-state index contributed by atoms with van der Waals surface area (Å²) >= 11 is 0. The molecular weight excluding hydrogens is 196 g/mol. The third-order valence-electron chi connectivity index (χ3n) is 3.53. The zero-order valence-electron chi connectivity index (χ0n) is 11.0. The molecule has 1 aromatic rings. The quantitative estimate of drug-likeness (QED) is 0.779. The predicted octanol–water partition coefficient (Wildman–Crippen LogP) is 2.97. The SMILES string of the molecule is Cc1cc(C)c2c(c1)C(N(C)C)C(C)CN2. The smallest absolute Gasteiger partial charge is 0.0418 e. The van der Waals surface area contributed by atoms with Crippen LogP contribution in [-0.4, -0.2) is 25.5 Å². The Kier molecular flexibility index (Phi) is 2.94. The molecule has 2 atom stereocenters. The zero-order chi connectivity index (χ0) is 11.9.